The Morgan fingerprint density at radius 1 is 0.930 bits per heavy atom. The van der Waals surface area contributed by atoms with Crippen molar-refractivity contribution in [1.29, 1.82) is 0 Å². The number of aromatic nitrogens is 1. The summed E-state index contributed by atoms with van der Waals surface area (Å²) in [6.07, 6.45) is -6.65. The maximum atomic E-state index is 13.2. The number of rotatable bonds is 6. The van der Waals surface area contributed by atoms with Gasteiger partial charge in [-0.05, 0) is 57.2 Å². The van der Waals surface area contributed by atoms with Crippen LogP contribution in [-0.4, -0.2) is 72.2 Å². The molecule has 0 spiro atoms. The molecule has 0 saturated carbocycles. The lowest BCUT2D eigenvalue weighted by atomic mass is 9.96. The van der Waals surface area contributed by atoms with Crippen LogP contribution < -0.4 is 10.1 Å². The van der Waals surface area contributed by atoms with Crippen LogP contribution in [0.3, 0.4) is 0 Å². The summed E-state index contributed by atoms with van der Waals surface area (Å²) >= 11 is 0. The summed E-state index contributed by atoms with van der Waals surface area (Å²) in [4.78, 5) is 14.4. The smallest absolute Gasteiger partial charge is 0.444 e. The average Bonchev–Trinajstić information content (AvgIpc) is 3.25. The van der Waals surface area contributed by atoms with E-state index < -0.39 is 57.7 Å². The fourth-order valence-corrected chi connectivity index (χ4v) is 6.53. The van der Waals surface area contributed by atoms with Gasteiger partial charge in [-0.25, -0.2) is 13.2 Å². The molecule has 4 aromatic rings. The number of hydrogen-bond acceptors (Lipinski definition) is 7. The summed E-state index contributed by atoms with van der Waals surface area (Å²) < 4.78 is 75.2. The molecule has 230 valence electrons. The van der Waals surface area contributed by atoms with E-state index in [1.807, 2.05) is 53.1 Å². The predicted molar refractivity (Wildman–Crippen MR) is 154 cm³/mol. The maximum Gasteiger partial charge on any atom is 0.573 e. The Bertz CT molecular complexity index is 1680. The van der Waals surface area contributed by atoms with Crippen molar-refractivity contribution in [2.45, 2.75) is 55.8 Å². The first-order valence-corrected chi connectivity index (χ1v) is 15.2. The molecular weight excluding hydrogens is 587 g/mol. The summed E-state index contributed by atoms with van der Waals surface area (Å²) in [5.41, 5.74) is 0.890. The molecule has 3 atom stereocenters. The highest BCUT2D eigenvalue weighted by Crippen LogP contribution is 2.35. The molecule has 0 radical (unpaired) electrons. The monoisotopic (exact) mass is 619 g/mol. The zero-order chi connectivity index (χ0) is 31.2. The number of alkyl halides is 3. The third-order valence-corrected chi connectivity index (χ3v) is 8.72. The van der Waals surface area contributed by atoms with E-state index in [4.69, 9.17) is 4.74 Å². The van der Waals surface area contributed by atoms with E-state index in [2.05, 4.69) is 10.1 Å². The van der Waals surface area contributed by atoms with Gasteiger partial charge in [-0.2, -0.15) is 0 Å². The van der Waals surface area contributed by atoms with Crippen LogP contribution in [0.5, 0.6) is 5.75 Å². The quantitative estimate of drug-likeness (QED) is 0.304. The van der Waals surface area contributed by atoms with Crippen LogP contribution in [-0.2, 0) is 14.6 Å². The molecule has 1 aromatic heterocycles. The molecule has 1 aliphatic rings. The number of piperidine rings is 1. The molecule has 13 heteroatoms. The highest BCUT2D eigenvalue weighted by Gasteiger charge is 2.41. The number of benzene rings is 3. The average molecular weight is 620 g/mol. The van der Waals surface area contributed by atoms with Crippen molar-refractivity contribution in [3.8, 4) is 5.75 Å². The standard InChI is InChI=1S/C30H32F3N3O6S/c1-29(2,3)42-28(38)35-16-23(34-18-43(39,40)20-14-12-19(13-15-20)41-30(31,32)33)27(37)26(17-35)36-24-10-6-4-8-21(24)22-9-5-7-11-25(22)36/h4-15,23,26-27,34,37H,16-18H2,1-3H3/t23-,26+,27+/m0/s1. The number of carbonyl (C=O) groups excluding carboxylic acids is 1. The van der Waals surface area contributed by atoms with Gasteiger partial charge in [-0.1, -0.05) is 36.4 Å². The number of likely N-dealkylation sites (tertiary alicyclic amines) is 1. The van der Waals surface area contributed by atoms with Gasteiger partial charge in [-0.15, -0.1) is 13.2 Å². The van der Waals surface area contributed by atoms with Gasteiger partial charge in [-0.3, -0.25) is 5.32 Å². The second-order valence-electron chi connectivity index (χ2n) is 11.4. The fourth-order valence-electron chi connectivity index (χ4n) is 5.38. The third-order valence-electron chi connectivity index (χ3n) is 7.18. The molecule has 0 unspecified atom stereocenters. The van der Waals surface area contributed by atoms with E-state index in [1.54, 1.807) is 20.8 Å². The van der Waals surface area contributed by atoms with Crippen molar-refractivity contribution in [3.05, 3.63) is 72.8 Å². The number of nitrogens with zero attached hydrogens (tertiary/aromatic N) is 2. The number of carbonyl (C=O) groups is 1. The minimum atomic E-state index is -4.91. The summed E-state index contributed by atoms with van der Waals surface area (Å²) in [5, 5.41) is 16.5. The number of amides is 1. The zero-order valence-corrected chi connectivity index (χ0v) is 24.5. The van der Waals surface area contributed by atoms with Crippen LogP contribution in [0.1, 0.15) is 26.8 Å². The summed E-state index contributed by atoms with van der Waals surface area (Å²) in [7, 11) is -4.05. The Morgan fingerprint density at radius 3 is 2.02 bits per heavy atom. The fraction of sp³-hybridized carbons (Fsp3) is 0.367. The molecule has 1 fully saturated rings. The number of para-hydroxylation sites is 2. The van der Waals surface area contributed by atoms with Crippen LogP contribution in [0.2, 0.25) is 0 Å². The number of sulfone groups is 1. The van der Waals surface area contributed by atoms with E-state index in [0.717, 1.165) is 46.1 Å². The molecule has 0 bridgehead atoms. The number of hydrogen-bond donors (Lipinski definition) is 2. The largest absolute Gasteiger partial charge is 0.573 e. The van der Waals surface area contributed by atoms with E-state index in [-0.39, 0.29) is 18.0 Å². The first kappa shape index (κ1) is 30.6. The number of aliphatic hydroxyl groups is 1. The SMILES string of the molecule is CC(C)(C)OC(=O)N1C[C@H](NCS(=O)(=O)c2ccc(OC(F)(F)F)cc2)[C@@H](O)[C@H](n2c3ccccc3c3ccccc32)C1. The number of ether oxygens (including phenoxy) is 2. The van der Waals surface area contributed by atoms with Crippen LogP contribution in [0, 0.1) is 0 Å². The molecule has 1 aliphatic heterocycles. The molecule has 1 saturated heterocycles. The number of aliphatic hydroxyl groups excluding tert-OH is 1. The highest BCUT2D eigenvalue weighted by atomic mass is 32.2. The van der Waals surface area contributed by atoms with Crippen molar-refractivity contribution in [3.63, 3.8) is 0 Å². The summed E-state index contributed by atoms with van der Waals surface area (Å²) in [6, 6.07) is 17.7. The van der Waals surface area contributed by atoms with Crippen LogP contribution in [0.15, 0.2) is 77.7 Å². The molecule has 0 aliphatic carbocycles. The van der Waals surface area contributed by atoms with Gasteiger partial charge in [0.1, 0.15) is 17.2 Å². The van der Waals surface area contributed by atoms with Gasteiger partial charge < -0.3 is 24.0 Å². The number of fused-ring (bicyclic) bond motifs is 3. The van der Waals surface area contributed by atoms with Crippen molar-refractivity contribution in [2.75, 3.05) is 19.0 Å². The van der Waals surface area contributed by atoms with Gasteiger partial charge in [0.05, 0.1) is 23.1 Å². The van der Waals surface area contributed by atoms with Gasteiger partial charge in [0.2, 0.25) is 0 Å². The lowest BCUT2D eigenvalue weighted by Crippen LogP contribution is -2.60. The van der Waals surface area contributed by atoms with Gasteiger partial charge >= 0.3 is 12.5 Å². The normalized spacial score (nSPS) is 20.0. The third kappa shape index (κ3) is 6.73. The van der Waals surface area contributed by atoms with E-state index in [1.165, 1.54) is 4.90 Å². The minimum Gasteiger partial charge on any atom is -0.444 e. The Hall–Kier alpha value is -3.81. The number of halogens is 3. The summed E-state index contributed by atoms with van der Waals surface area (Å²) in [6.45, 7) is 5.27. The van der Waals surface area contributed by atoms with Gasteiger partial charge in [0, 0.05) is 34.9 Å². The molecule has 9 nitrogen and oxygen atoms in total. The summed E-state index contributed by atoms with van der Waals surface area (Å²) in [5.74, 6) is -1.19. The Labute approximate surface area is 246 Å². The minimum absolute atomic E-state index is 0.0441. The molecule has 43 heavy (non-hydrogen) atoms. The second-order valence-corrected chi connectivity index (χ2v) is 13.4. The first-order chi connectivity index (χ1) is 20.1. The van der Waals surface area contributed by atoms with Crippen molar-refractivity contribution in [1.82, 2.24) is 14.8 Å². The lowest BCUT2D eigenvalue weighted by molar-refractivity contribution is -0.274. The molecule has 3 aromatic carbocycles. The van der Waals surface area contributed by atoms with Crippen molar-refractivity contribution in [2.24, 2.45) is 0 Å². The number of nitrogens with one attached hydrogen (secondary N) is 1. The lowest BCUT2D eigenvalue weighted by Gasteiger charge is -2.43. The maximum absolute atomic E-state index is 13.2. The Balaban J connectivity index is 1.46. The molecule has 1 amide bonds. The van der Waals surface area contributed by atoms with Gasteiger partial charge in [0.15, 0.2) is 9.84 Å². The van der Waals surface area contributed by atoms with E-state index in [0.29, 0.717) is 0 Å². The van der Waals surface area contributed by atoms with Crippen LogP contribution in [0.4, 0.5) is 18.0 Å². The van der Waals surface area contributed by atoms with Crippen molar-refractivity contribution >= 4 is 37.7 Å². The van der Waals surface area contributed by atoms with Crippen molar-refractivity contribution < 1.29 is 41.0 Å². The molecular formula is C30H32F3N3O6S. The van der Waals surface area contributed by atoms with E-state index >= 15 is 0 Å². The molecule has 5 rings (SSSR count). The Morgan fingerprint density at radius 2 is 1.49 bits per heavy atom. The van der Waals surface area contributed by atoms with Crippen LogP contribution in [0.25, 0.3) is 21.8 Å². The Kier molecular flexibility index (Phi) is 8.09. The molecule has 2 N–H and O–H groups in total. The zero-order valence-electron chi connectivity index (χ0n) is 23.7. The highest BCUT2D eigenvalue weighted by molar-refractivity contribution is 7.91. The van der Waals surface area contributed by atoms with Gasteiger partial charge in [0.25, 0.3) is 0 Å². The molecule has 2 heterocycles. The second kappa shape index (κ2) is 11.4. The first-order valence-electron chi connectivity index (χ1n) is 13.6. The van der Waals surface area contributed by atoms with E-state index in [9.17, 15) is 31.5 Å². The predicted octanol–water partition coefficient (Wildman–Crippen LogP) is 5.24. The topological polar surface area (TPSA) is 110 Å². The van der Waals surface area contributed by atoms with Crippen LogP contribution >= 0.6 is 0 Å².